The third-order valence-electron chi connectivity index (χ3n) is 4.64. The van der Waals surface area contributed by atoms with E-state index in [1.54, 1.807) is 30.3 Å². The number of benzene rings is 2. The number of phenolic OH excluding ortho intramolecular Hbond substituents is 1. The Balaban J connectivity index is 1.70. The van der Waals surface area contributed by atoms with Gasteiger partial charge in [0.15, 0.2) is 5.78 Å². The molecule has 2 rings (SSSR count). The van der Waals surface area contributed by atoms with E-state index in [4.69, 9.17) is 9.47 Å². The van der Waals surface area contributed by atoms with Crippen LogP contribution in [-0.4, -0.2) is 41.9 Å². The fourth-order valence-corrected chi connectivity index (χ4v) is 2.98. The summed E-state index contributed by atoms with van der Waals surface area (Å²) in [6.45, 7) is 3.11. The van der Waals surface area contributed by atoms with E-state index in [0.717, 1.165) is 12.8 Å². The molecule has 1 atom stereocenters. The highest BCUT2D eigenvalue weighted by Gasteiger charge is 2.14. The predicted octanol–water partition coefficient (Wildman–Crippen LogP) is 4.74. The smallest absolute Gasteiger partial charge is 0.196 e. The first-order chi connectivity index (χ1) is 14.1. The van der Waals surface area contributed by atoms with Gasteiger partial charge in [0.05, 0.1) is 12.2 Å². The highest BCUT2D eigenvalue weighted by molar-refractivity contribution is 6.10. The van der Waals surface area contributed by atoms with Gasteiger partial charge in [-0.15, -0.1) is 0 Å². The molecule has 158 valence electrons. The number of aromatic hydroxyl groups is 1. The molecule has 0 aromatic heterocycles. The largest absolute Gasteiger partial charge is 0.507 e. The van der Waals surface area contributed by atoms with Crippen LogP contribution < -0.4 is 4.74 Å². The van der Waals surface area contributed by atoms with E-state index >= 15 is 0 Å². The molecule has 0 radical (unpaired) electrons. The van der Waals surface area contributed by atoms with Gasteiger partial charge in [-0.25, -0.2) is 0 Å². The highest BCUT2D eigenvalue weighted by Crippen LogP contribution is 2.26. The Morgan fingerprint density at radius 2 is 1.69 bits per heavy atom. The van der Waals surface area contributed by atoms with Gasteiger partial charge in [0.1, 0.15) is 24.2 Å². The van der Waals surface area contributed by atoms with Gasteiger partial charge in [0.25, 0.3) is 0 Å². The van der Waals surface area contributed by atoms with Crippen molar-refractivity contribution < 1.29 is 24.5 Å². The number of aliphatic hydroxyl groups excluding tert-OH is 1. The van der Waals surface area contributed by atoms with E-state index in [1.165, 1.54) is 37.8 Å². The number of aliphatic hydroxyl groups is 1. The van der Waals surface area contributed by atoms with Gasteiger partial charge in [0.2, 0.25) is 0 Å². The summed E-state index contributed by atoms with van der Waals surface area (Å²) in [5.74, 6) is -0.00923. The van der Waals surface area contributed by atoms with E-state index in [0.29, 0.717) is 17.9 Å². The van der Waals surface area contributed by atoms with E-state index in [2.05, 4.69) is 6.92 Å². The van der Waals surface area contributed by atoms with Gasteiger partial charge in [-0.1, -0.05) is 69.4 Å². The minimum Gasteiger partial charge on any atom is -0.507 e. The van der Waals surface area contributed by atoms with Crippen molar-refractivity contribution in [3.8, 4) is 11.5 Å². The summed E-state index contributed by atoms with van der Waals surface area (Å²) >= 11 is 0. The number of ether oxygens (including phenoxy) is 2. The zero-order valence-electron chi connectivity index (χ0n) is 17.2. The third kappa shape index (κ3) is 8.26. The Labute approximate surface area is 173 Å². The summed E-state index contributed by atoms with van der Waals surface area (Å²) in [6, 6.07) is 13.3. The van der Waals surface area contributed by atoms with Crippen molar-refractivity contribution in [3.05, 3.63) is 59.7 Å². The molecule has 0 amide bonds. The molecular weight excluding hydrogens is 368 g/mol. The zero-order valence-corrected chi connectivity index (χ0v) is 17.2. The number of carbonyl (C=O) groups is 1. The lowest BCUT2D eigenvalue weighted by atomic mass is 10.0. The SMILES string of the molecule is CCCCCCCCOC[C@H](O)COc1ccc(C(=O)c2ccccc2)c(O)c1. The van der Waals surface area contributed by atoms with Crippen molar-refractivity contribution in [2.75, 3.05) is 19.8 Å². The van der Waals surface area contributed by atoms with Gasteiger partial charge in [-0.3, -0.25) is 4.79 Å². The van der Waals surface area contributed by atoms with Crippen molar-refractivity contribution in [2.45, 2.75) is 51.6 Å². The number of rotatable bonds is 14. The van der Waals surface area contributed by atoms with E-state index in [9.17, 15) is 15.0 Å². The normalized spacial score (nSPS) is 11.9. The van der Waals surface area contributed by atoms with Crippen molar-refractivity contribution in [2.24, 2.45) is 0 Å². The Morgan fingerprint density at radius 3 is 2.41 bits per heavy atom. The monoisotopic (exact) mass is 400 g/mol. The van der Waals surface area contributed by atoms with E-state index in [-0.39, 0.29) is 30.3 Å². The van der Waals surface area contributed by atoms with Crippen LogP contribution in [0.3, 0.4) is 0 Å². The van der Waals surface area contributed by atoms with E-state index < -0.39 is 6.10 Å². The maximum absolute atomic E-state index is 12.4. The fraction of sp³-hybridized carbons (Fsp3) is 0.458. The molecule has 0 aliphatic rings. The highest BCUT2D eigenvalue weighted by atomic mass is 16.5. The molecule has 0 aliphatic carbocycles. The number of phenols is 1. The average Bonchev–Trinajstić information content (AvgIpc) is 2.74. The van der Waals surface area contributed by atoms with Crippen molar-refractivity contribution in [1.29, 1.82) is 0 Å². The second-order valence-electron chi connectivity index (χ2n) is 7.18. The van der Waals surface area contributed by atoms with Crippen LogP contribution in [0.2, 0.25) is 0 Å². The molecule has 0 bridgehead atoms. The van der Waals surface area contributed by atoms with Gasteiger partial charge in [-0.2, -0.15) is 0 Å². The molecule has 29 heavy (non-hydrogen) atoms. The van der Waals surface area contributed by atoms with Crippen LogP contribution >= 0.6 is 0 Å². The first-order valence-electron chi connectivity index (χ1n) is 10.4. The van der Waals surface area contributed by atoms with Crippen LogP contribution in [0.1, 0.15) is 61.4 Å². The summed E-state index contributed by atoms with van der Waals surface area (Å²) < 4.78 is 11.0. The molecule has 2 aromatic carbocycles. The Bertz CT molecular complexity index is 729. The zero-order chi connectivity index (χ0) is 20.9. The Morgan fingerprint density at radius 1 is 0.966 bits per heavy atom. The van der Waals surface area contributed by atoms with Crippen LogP contribution in [-0.2, 0) is 4.74 Å². The standard InChI is InChI=1S/C24H32O5/c1-2-3-4-5-6-10-15-28-17-20(25)18-29-21-13-14-22(23(26)16-21)24(27)19-11-8-7-9-12-19/h7-9,11-14,16,20,25-26H,2-6,10,15,17-18H2,1H3/t20-/m0/s1. The molecule has 0 spiro atoms. The molecule has 2 N–H and O–H groups in total. The molecular formula is C24H32O5. The predicted molar refractivity (Wildman–Crippen MR) is 114 cm³/mol. The van der Waals surface area contributed by atoms with Gasteiger partial charge in [-0.05, 0) is 18.6 Å². The summed E-state index contributed by atoms with van der Waals surface area (Å²) in [5.41, 5.74) is 0.723. The van der Waals surface area contributed by atoms with Crippen LogP contribution in [0.15, 0.2) is 48.5 Å². The van der Waals surface area contributed by atoms with Gasteiger partial charge in [0, 0.05) is 18.2 Å². The lowest BCUT2D eigenvalue weighted by Crippen LogP contribution is -2.23. The van der Waals surface area contributed by atoms with Crippen LogP contribution in [0.25, 0.3) is 0 Å². The minimum absolute atomic E-state index is 0.0575. The fourth-order valence-electron chi connectivity index (χ4n) is 2.98. The lowest BCUT2D eigenvalue weighted by Gasteiger charge is -2.13. The molecule has 2 aromatic rings. The van der Waals surface area contributed by atoms with Gasteiger partial charge < -0.3 is 19.7 Å². The minimum atomic E-state index is -0.747. The first-order valence-corrected chi connectivity index (χ1v) is 10.4. The summed E-state index contributed by atoms with van der Waals surface area (Å²) in [7, 11) is 0. The van der Waals surface area contributed by atoms with Crippen LogP contribution in [0.5, 0.6) is 11.5 Å². The number of carbonyl (C=O) groups excluding carboxylic acids is 1. The van der Waals surface area contributed by atoms with Crippen LogP contribution in [0, 0.1) is 0 Å². The summed E-state index contributed by atoms with van der Waals surface area (Å²) in [6.07, 6.45) is 6.44. The Kier molecular flexibility index (Phi) is 10.2. The topological polar surface area (TPSA) is 76.0 Å². The molecule has 0 heterocycles. The van der Waals surface area contributed by atoms with E-state index in [1.807, 2.05) is 6.07 Å². The quantitative estimate of drug-likeness (QED) is 0.354. The maximum atomic E-state index is 12.4. The maximum Gasteiger partial charge on any atom is 0.196 e. The third-order valence-corrected chi connectivity index (χ3v) is 4.64. The lowest BCUT2D eigenvalue weighted by molar-refractivity contribution is 0.0109. The molecule has 0 saturated heterocycles. The number of hydrogen-bond donors (Lipinski definition) is 2. The Hall–Kier alpha value is -2.37. The average molecular weight is 401 g/mol. The van der Waals surface area contributed by atoms with Crippen molar-refractivity contribution in [3.63, 3.8) is 0 Å². The number of ketones is 1. The van der Waals surface area contributed by atoms with Crippen molar-refractivity contribution >= 4 is 5.78 Å². The second-order valence-corrected chi connectivity index (χ2v) is 7.18. The molecule has 5 nitrogen and oxygen atoms in total. The molecule has 0 aliphatic heterocycles. The molecule has 0 unspecified atom stereocenters. The second kappa shape index (κ2) is 13.0. The van der Waals surface area contributed by atoms with Gasteiger partial charge >= 0.3 is 0 Å². The summed E-state index contributed by atoms with van der Waals surface area (Å²) in [5, 5.41) is 20.2. The number of hydrogen-bond acceptors (Lipinski definition) is 5. The summed E-state index contributed by atoms with van der Waals surface area (Å²) in [4.78, 5) is 12.4. The first kappa shape index (κ1) is 22.9. The number of unbranched alkanes of at least 4 members (excludes halogenated alkanes) is 5. The van der Waals surface area contributed by atoms with Crippen LogP contribution in [0.4, 0.5) is 0 Å². The van der Waals surface area contributed by atoms with Crippen molar-refractivity contribution in [1.82, 2.24) is 0 Å². The molecule has 0 fully saturated rings. The molecule has 0 saturated carbocycles. The molecule has 5 heteroatoms.